The van der Waals surface area contributed by atoms with Gasteiger partial charge in [0.1, 0.15) is 5.78 Å². The maximum absolute atomic E-state index is 13.4. The van der Waals surface area contributed by atoms with E-state index in [2.05, 4.69) is 64.1 Å². The standard InChI is InChI=1S/C29H38O/c1-19-11-20(2)14-25(13-19)28(23-7-5-8-23)17-27(30)18-29(24-9-6-10-24)26-15-21(3)12-22(4)16-26/h11-16,23-24,28-29H,5-10,17-18H2,1-4H3. The Morgan fingerprint density at radius 1 is 0.667 bits per heavy atom. The van der Waals surface area contributed by atoms with Crippen molar-refractivity contribution in [2.24, 2.45) is 11.8 Å². The number of carbonyl (C=O) groups excluding carboxylic acids is 1. The largest absolute Gasteiger partial charge is 0.300 e. The molecule has 0 aliphatic heterocycles. The third-order valence-electron chi connectivity index (χ3n) is 7.68. The summed E-state index contributed by atoms with van der Waals surface area (Å²) in [6.07, 6.45) is 9.24. The number of aryl methyl sites for hydroxylation is 4. The van der Waals surface area contributed by atoms with Crippen LogP contribution in [-0.4, -0.2) is 5.78 Å². The highest BCUT2D eigenvalue weighted by Crippen LogP contribution is 2.45. The molecule has 0 spiro atoms. The summed E-state index contributed by atoms with van der Waals surface area (Å²) in [4.78, 5) is 13.4. The lowest BCUT2D eigenvalue weighted by molar-refractivity contribution is -0.120. The van der Waals surface area contributed by atoms with Crippen LogP contribution in [0.3, 0.4) is 0 Å². The van der Waals surface area contributed by atoms with Gasteiger partial charge in [-0.1, -0.05) is 71.5 Å². The quantitative estimate of drug-likeness (QED) is 0.441. The molecule has 160 valence electrons. The molecule has 30 heavy (non-hydrogen) atoms. The maximum Gasteiger partial charge on any atom is 0.134 e. The van der Waals surface area contributed by atoms with E-state index in [1.807, 2.05) is 0 Å². The fourth-order valence-corrected chi connectivity index (χ4v) is 5.82. The van der Waals surface area contributed by atoms with Gasteiger partial charge in [-0.2, -0.15) is 0 Å². The molecule has 2 aromatic carbocycles. The van der Waals surface area contributed by atoms with Crippen LogP contribution in [0.4, 0.5) is 0 Å². The lowest BCUT2D eigenvalue weighted by Crippen LogP contribution is -2.26. The van der Waals surface area contributed by atoms with Gasteiger partial charge in [0.25, 0.3) is 0 Å². The van der Waals surface area contributed by atoms with Gasteiger partial charge in [0.2, 0.25) is 0 Å². The Morgan fingerprint density at radius 2 is 1.00 bits per heavy atom. The molecule has 0 heterocycles. The minimum atomic E-state index is 0.408. The Labute approximate surface area is 183 Å². The number of hydrogen-bond acceptors (Lipinski definition) is 1. The molecule has 0 aromatic heterocycles. The highest BCUT2D eigenvalue weighted by molar-refractivity contribution is 5.80. The van der Waals surface area contributed by atoms with Crippen molar-refractivity contribution in [3.63, 3.8) is 0 Å². The normalized spacial score (nSPS) is 19.1. The highest BCUT2D eigenvalue weighted by Gasteiger charge is 2.34. The molecule has 2 saturated carbocycles. The summed E-state index contributed by atoms with van der Waals surface area (Å²) in [7, 11) is 0. The average molecular weight is 403 g/mol. The van der Waals surface area contributed by atoms with Crippen LogP contribution < -0.4 is 0 Å². The van der Waals surface area contributed by atoms with E-state index in [4.69, 9.17) is 0 Å². The third kappa shape index (κ3) is 4.88. The van der Waals surface area contributed by atoms with Gasteiger partial charge in [-0.15, -0.1) is 0 Å². The van der Waals surface area contributed by atoms with E-state index in [0.29, 0.717) is 29.5 Å². The number of rotatable bonds is 8. The Kier molecular flexibility index (Phi) is 6.46. The van der Waals surface area contributed by atoms with E-state index >= 15 is 0 Å². The summed E-state index contributed by atoms with van der Waals surface area (Å²) >= 11 is 0. The molecular weight excluding hydrogens is 364 g/mol. The van der Waals surface area contributed by atoms with Crippen LogP contribution in [0.15, 0.2) is 36.4 Å². The molecule has 1 nitrogen and oxygen atoms in total. The smallest absolute Gasteiger partial charge is 0.134 e. The predicted molar refractivity (Wildman–Crippen MR) is 126 cm³/mol. The highest BCUT2D eigenvalue weighted by atomic mass is 16.1. The zero-order chi connectivity index (χ0) is 21.3. The van der Waals surface area contributed by atoms with Crippen molar-refractivity contribution >= 4 is 5.78 Å². The first-order valence-corrected chi connectivity index (χ1v) is 12.1. The Hall–Kier alpha value is -1.89. The molecule has 2 aliphatic carbocycles. The van der Waals surface area contributed by atoms with Crippen LogP contribution in [0.5, 0.6) is 0 Å². The van der Waals surface area contributed by atoms with Crippen molar-refractivity contribution in [3.8, 4) is 0 Å². The number of benzene rings is 2. The second-order valence-electron chi connectivity index (χ2n) is 10.4. The molecule has 0 saturated heterocycles. The summed E-state index contributed by atoms with van der Waals surface area (Å²) in [6.45, 7) is 8.73. The number of ketones is 1. The Balaban J connectivity index is 1.53. The molecule has 0 radical (unpaired) electrons. The van der Waals surface area contributed by atoms with Crippen molar-refractivity contribution in [2.75, 3.05) is 0 Å². The molecular formula is C29H38O. The van der Waals surface area contributed by atoms with Crippen molar-refractivity contribution in [3.05, 3.63) is 69.8 Å². The Bertz CT molecular complexity index is 787. The van der Waals surface area contributed by atoms with Gasteiger partial charge in [-0.3, -0.25) is 4.79 Å². The van der Waals surface area contributed by atoms with Gasteiger partial charge in [0.15, 0.2) is 0 Å². The molecule has 4 rings (SSSR count). The monoisotopic (exact) mass is 402 g/mol. The number of hydrogen-bond donors (Lipinski definition) is 0. The van der Waals surface area contributed by atoms with Crippen LogP contribution in [0.25, 0.3) is 0 Å². The van der Waals surface area contributed by atoms with Crippen molar-refractivity contribution in [1.29, 1.82) is 0 Å². The summed E-state index contributed by atoms with van der Waals surface area (Å²) < 4.78 is 0. The lowest BCUT2D eigenvalue weighted by atomic mass is 9.68. The minimum Gasteiger partial charge on any atom is -0.300 e. The van der Waals surface area contributed by atoms with Crippen LogP contribution in [0.1, 0.15) is 96.6 Å². The number of carbonyl (C=O) groups is 1. The van der Waals surface area contributed by atoms with Gasteiger partial charge in [0, 0.05) is 12.8 Å². The van der Waals surface area contributed by atoms with Crippen LogP contribution in [-0.2, 0) is 4.79 Å². The van der Waals surface area contributed by atoms with E-state index in [-0.39, 0.29) is 0 Å². The fourth-order valence-electron chi connectivity index (χ4n) is 5.82. The summed E-state index contributed by atoms with van der Waals surface area (Å²) in [5.74, 6) is 2.68. The molecule has 2 aromatic rings. The second kappa shape index (κ2) is 9.08. The fraction of sp³-hybridized carbons (Fsp3) is 0.552. The van der Waals surface area contributed by atoms with E-state index < -0.39 is 0 Å². The minimum absolute atomic E-state index is 0.408. The molecule has 2 unspecified atom stereocenters. The zero-order valence-corrected chi connectivity index (χ0v) is 19.3. The molecule has 0 bridgehead atoms. The SMILES string of the molecule is Cc1cc(C)cc(C(CC(=O)CC(c2cc(C)cc(C)c2)C2CCC2)C2CCC2)c1. The summed E-state index contributed by atoms with van der Waals surface area (Å²) in [5, 5.41) is 0. The van der Waals surface area contributed by atoms with Crippen LogP contribution in [0, 0.1) is 39.5 Å². The van der Waals surface area contributed by atoms with Crippen LogP contribution >= 0.6 is 0 Å². The zero-order valence-electron chi connectivity index (χ0n) is 19.3. The molecule has 2 atom stereocenters. The average Bonchev–Trinajstić information content (AvgIpc) is 2.55. The molecule has 2 aliphatic rings. The first kappa shape index (κ1) is 21.3. The van der Waals surface area contributed by atoms with Crippen molar-refractivity contribution in [2.45, 2.75) is 90.9 Å². The molecule has 1 heteroatoms. The van der Waals surface area contributed by atoms with Crippen molar-refractivity contribution in [1.82, 2.24) is 0 Å². The molecule has 2 fully saturated rings. The number of Topliss-reactive ketones (excluding diaryl/α,β-unsaturated/α-hetero) is 1. The maximum atomic E-state index is 13.4. The van der Waals surface area contributed by atoms with E-state index in [0.717, 1.165) is 12.8 Å². The first-order chi connectivity index (χ1) is 14.4. The third-order valence-corrected chi connectivity index (χ3v) is 7.68. The second-order valence-corrected chi connectivity index (χ2v) is 10.4. The van der Waals surface area contributed by atoms with Gasteiger partial charge in [-0.05, 0) is 88.2 Å². The van der Waals surface area contributed by atoms with E-state index in [1.165, 1.54) is 71.9 Å². The lowest BCUT2D eigenvalue weighted by Gasteiger charge is -2.36. The van der Waals surface area contributed by atoms with Gasteiger partial charge >= 0.3 is 0 Å². The Morgan fingerprint density at radius 3 is 1.27 bits per heavy atom. The van der Waals surface area contributed by atoms with Crippen molar-refractivity contribution < 1.29 is 4.79 Å². The summed E-state index contributed by atoms with van der Waals surface area (Å²) in [5.41, 5.74) is 8.09. The summed E-state index contributed by atoms with van der Waals surface area (Å²) in [6, 6.07) is 13.8. The van der Waals surface area contributed by atoms with Crippen LogP contribution in [0.2, 0.25) is 0 Å². The topological polar surface area (TPSA) is 17.1 Å². The first-order valence-electron chi connectivity index (χ1n) is 12.1. The van der Waals surface area contributed by atoms with E-state index in [9.17, 15) is 4.79 Å². The van der Waals surface area contributed by atoms with Gasteiger partial charge < -0.3 is 0 Å². The van der Waals surface area contributed by atoms with Gasteiger partial charge in [-0.25, -0.2) is 0 Å². The molecule has 0 N–H and O–H groups in total. The molecule has 0 amide bonds. The van der Waals surface area contributed by atoms with E-state index in [1.54, 1.807) is 0 Å². The predicted octanol–water partition coefficient (Wildman–Crippen LogP) is 7.74. The van der Waals surface area contributed by atoms with Gasteiger partial charge in [0.05, 0.1) is 0 Å².